The number of pyridine rings is 2. The van der Waals surface area contributed by atoms with Crippen molar-refractivity contribution in [2.45, 2.75) is 45.4 Å². The minimum atomic E-state index is -1.01. The molecule has 1 aromatic carbocycles. The van der Waals surface area contributed by atoms with E-state index in [-0.39, 0.29) is 34.5 Å². The molecule has 2 atom stereocenters. The number of nitrogens with zero attached hydrogens (tertiary/aromatic N) is 2. The number of amides is 2. The maximum absolute atomic E-state index is 15.3. The number of rotatable bonds is 10. The first-order chi connectivity index (χ1) is 18.8. The summed E-state index contributed by atoms with van der Waals surface area (Å²) >= 11 is 0. The highest BCUT2D eigenvalue weighted by Gasteiger charge is 2.28. The number of carbonyl (C=O) groups is 2. The first-order valence-electron chi connectivity index (χ1n) is 12.2. The predicted molar refractivity (Wildman–Crippen MR) is 145 cm³/mol. The van der Waals surface area contributed by atoms with Gasteiger partial charge < -0.3 is 35.9 Å². The minimum Gasteiger partial charge on any atom is -0.481 e. The Morgan fingerprint density at radius 1 is 0.950 bits per heavy atom. The summed E-state index contributed by atoms with van der Waals surface area (Å²) in [6.07, 6.45) is -0.747. The molecular formula is C27H32F2N6O5. The van der Waals surface area contributed by atoms with Gasteiger partial charge in [0.05, 0.1) is 37.6 Å². The second-order valence-electron chi connectivity index (χ2n) is 9.72. The highest BCUT2D eigenvalue weighted by molar-refractivity contribution is 5.98. The Labute approximate surface area is 230 Å². The van der Waals surface area contributed by atoms with E-state index in [1.807, 2.05) is 0 Å². The molecule has 0 bridgehead atoms. The number of nitrogens with two attached hydrogens (primary N) is 1. The summed E-state index contributed by atoms with van der Waals surface area (Å²) in [6.45, 7) is 6.70. The molecule has 0 fully saturated rings. The molecule has 40 heavy (non-hydrogen) atoms. The summed E-state index contributed by atoms with van der Waals surface area (Å²) in [4.78, 5) is 32.9. The monoisotopic (exact) mass is 558 g/mol. The van der Waals surface area contributed by atoms with Crippen molar-refractivity contribution in [3.63, 3.8) is 0 Å². The molecular weight excluding hydrogens is 526 g/mol. The average Bonchev–Trinajstić information content (AvgIpc) is 2.87. The van der Waals surface area contributed by atoms with Gasteiger partial charge in [-0.25, -0.2) is 18.6 Å². The number of aromatic nitrogens is 2. The van der Waals surface area contributed by atoms with Gasteiger partial charge in [-0.1, -0.05) is 18.2 Å². The van der Waals surface area contributed by atoms with Crippen LogP contribution in [0.2, 0.25) is 0 Å². The Morgan fingerprint density at radius 3 is 2.12 bits per heavy atom. The number of primary amides is 1. The zero-order chi connectivity index (χ0) is 29.6. The lowest BCUT2D eigenvalue weighted by Gasteiger charge is -2.29. The van der Waals surface area contributed by atoms with E-state index in [0.29, 0.717) is 5.69 Å². The number of benzene rings is 1. The summed E-state index contributed by atoms with van der Waals surface area (Å²) in [6, 6.07) is 7.91. The van der Waals surface area contributed by atoms with Crippen LogP contribution in [-0.4, -0.2) is 47.8 Å². The van der Waals surface area contributed by atoms with Gasteiger partial charge >= 0.3 is 6.09 Å². The Kier molecular flexibility index (Phi) is 9.30. The fourth-order valence-electron chi connectivity index (χ4n) is 3.70. The first-order valence-corrected chi connectivity index (χ1v) is 12.2. The molecule has 0 unspecified atom stereocenters. The largest absolute Gasteiger partial charge is 0.481 e. The van der Waals surface area contributed by atoms with Crippen LogP contribution in [0.1, 0.15) is 49.7 Å². The third kappa shape index (κ3) is 7.68. The van der Waals surface area contributed by atoms with Gasteiger partial charge in [0.1, 0.15) is 17.2 Å². The van der Waals surface area contributed by atoms with Crippen LogP contribution in [-0.2, 0) is 4.74 Å². The molecule has 2 aromatic heterocycles. The van der Waals surface area contributed by atoms with Gasteiger partial charge in [0.25, 0.3) is 5.91 Å². The number of hydrogen-bond acceptors (Lipinski definition) is 9. The summed E-state index contributed by atoms with van der Waals surface area (Å²) in [5.74, 6) is -2.53. The fraction of sp³-hybridized carbons (Fsp3) is 0.333. The molecule has 0 aliphatic heterocycles. The number of nitrogens with one attached hydrogen (secondary N) is 3. The minimum absolute atomic E-state index is 0.105. The molecule has 5 N–H and O–H groups in total. The van der Waals surface area contributed by atoms with Crippen LogP contribution in [0.3, 0.4) is 0 Å². The molecule has 2 amide bonds. The highest BCUT2D eigenvalue weighted by atomic mass is 19.1. The zero-order valence-corrected chi connectivity index (χ0v) is 23.0. The van der Waals surface area contributed by atoms with Crippen molar-refractivity contribution >= 4 is 29.3 Å². The first kappa shape index (κ1) is 29.9. The molecule has 214 valence electrons. The lowest BCUT2D eigenvalue weighted by atomic mass is 9.99. The van der Waals surface area contributed by atoms with Crippen molar-refractivity contribution in [1.82, 2.24) is 15.3 Å². The standard InChI is InChI=1S/C27H32F2N6O5/c1-14(31-26(37)40-27(2,3)4)22(16-9-7-8-10-18(16)28)34-25-19(29)13-17(23(30)36)24(35-25)32-15-11-20(38-5)33-21(12-15)39-6/h7-14,22H,1-6H3,(H2,30,36)(H,31,37)(H2,32,33,34,35)/t14-,22-/m0/s1. The number of methoxy groups -OCH3 is 2. The van der Waals surface area contributed by atoms with Gasteiger partial charge in [-0.15, -0.1) is 0 Å². The number of hydrogen-bond donors (Lipinski definition) is 4. The van der Waals surface area contributed by atoms with E-state index in [9.17, 15) is 14.0 Å². The molecule has 0 aliphatic rings. The van der Waals surface area contributed by atoms with Crippen molar-refractivity contribution in [3.8, 4) is 11.8 Å². The molecule has 2 heterocycles. The van der Waals surface area contributed by atoms with Crippen LogP contribution in [0.25, 0.3) is 0 Å². The van der Waals surface area contributed by atoms with E-state index in [0.717, 1.165) is 6.07 Å². The van der Waals surface area contributed by atoms with Gasteiger partial charge in [0.2, 0.25) is 11.8 Å². The summed E-state index contributed by atoms with van der Waals surface area (Å²) in [5, 5.41) is 8.41. The van der Waals surface area contributed by atoms with Crippen LogP contribution in [0, 0.1) is 11.6 Å². The van der Waals surface area contributed by atoms with Crippen molar-refractivity contribution in [1.29, 1.82) is 0 Å². The van der Waals surface area contributed by atoms with Gasteiger partial charge in [-0.2, -0.15) is 4.98 Å². The third-order valence-electron chi connectivity index (χ3n) is 5.48. The van der Waals surface area contributed by atoms with Crippen LogP contribution >= 0.6 is 0 Å². The molecule has 3 aromatic rings. The fourth-order valence-corrected chi connectivity index (χ4v) is 3.70. The number of anilines is 3. The Hall–Kier alpha value is -4.68. The molecule has 0 saturated heterocycles. The van der Waals surface area contributed by atoms with Crippen LogP contribution in [0.15, 0.2) is 42.5 Å². The smallest absolute Gasteiger partial charge is 0.407 e. The Balaban J connectivity index is 2.03. The summed E-state index contributed by atoms with van der Waals surface area (Å²) in [7, 11) is 2.82. The maximum atomic E-state index is 15.3. The van der Waals surface area contributed by atoms with Crippen LogP contribution in [0.5, 0.6) is 11.8 Å². The van der Waals surface area contributed by atoms with E-state index in [1.54, 1.807) is 33.8 Å². The van der Waals surface area contributed by atoms with Gasteiger partial charge in [-0.3, -0.25) is 4.79 Å². The van der Waals surface area contributed by atoms with E-state index >= 15 is 4.39 Å². The SMILES string of the molecule is COc1cc(Nc2nc(N[C@H](c3ccccc3F)[C@H](C)NC(=O)OC(C)(C)C)c(F)cc2C(N)=O)cc(OC)n1. The Bertz CT molecular complexity index is 1360. The number of ether oxygens (including phenoxy) is 3. The van der Waals surface area contributed by atoms with Crippen molar-refractivity contribution in [2.24, 2.45) is 5.73 Å². The van der Waals surface area contributed by atoms with Crippen molar-refractivity contribution in [3.05, 3.63) is 65.2 Å². The predicted octanol–water partition coefficient (Wildman–Crippen LogP) is 4.68. The topological polar surface area (TPSA) is 150 Å². The summed E-state index contributed by atoms with van der Waals surface area (Å²) in [5.41, 5.74) is 4.94. The highest BCUT2D eigenvalue weighted by Crippen LogP contribution is 2.31. The van der Waals surface area contributed by atoms with Gasteiger partial charge in [0, 0.05) is 17.7 Å². The second kappa shape index (κ2) is 12.5. The third-order valence-corrected chi connectivity index (χ3v) is 5.48. The molecule has 11 nitrogen and oxygen atoms in total. The van der Waals surface area contributed by atoms with E-state index < -0.39 is 41.3 Å². The molecule has 0 aliphatic carbocycles. The second-order valence-corrected chi connectivity index (χ2v) is 9.72. The lowest BCUT2D eigenvalue weighted by Crippen LogP contribution is -2.43. The van der Waals surface area contributed by atoms with E-state index in [1.165, 1.54) is 44.6 Å². The molecule has 13 heteroatoms. The van der Waals surface area contributed by atoms with E-state index in [2.05, 4.69) is 25.9 Å². The van der Waals surface area contributed by atoms with Crippen molar-refractivity contribution in [2.75, 3.05) is 24.9 Å². The maximum Gasteiger partial charge on any atom is 0.407 e. The number of carbonyl (C=O) groups excluding carboxylic acids is 2. The van der Waals surface area contributed by atoms with Gasteiger partial charge in [0.15, 0.2) is 11.6 Å². The number of halogens is 2. The molecule has 0 radical (unpaired) electrons. The zero-order valence-electron chi connectivity index (χ0n) is 23.0. The number of alkyl carbamates (subject to hydrolysis) is 1. The molecule has 3 rings (SSSR count). The quantitative estimate of drug-likeness (QED) is 0.278. The average molecular weight is 559 g/mol. The molecule has 0 saturated carbocycles. The van der Waals surface area contributed by atoms with Gasteiger partial charge in [-0.05, 0) is 39.8 Å². The van der Waals surface area contributed by atoms with Crippen molar-refractivity contribution < 1.29 is 32.6 Å². The molecule has 0 spiro atoms. The summed E-state index contributed by atoms with van der Waals surface area (Å²) < 4.78 is 45.8. The van der Waals surface area contributed by atoms with E-state index in [4.69, 9.17) is 19.9 Å². The van der Waals surface area contributed by atoms with Crippen LogP contribution < -0.4 is 31.2 Å². The Morgan fingerprint density at radius 2 is 1.57 bits per heavy atom. The normalized spacial score (nSPS) is 12.6. The van der Waals surface area contributed by atoms with Crippen LogP contribution in [0.4, 0.5) is 30.9 Å². The lowest BCUT2D eigenvalue weighted by molar-refractivity contribution is 0.0503.